The Kier molecular flexibility index (Phi) is 6.71. The first kappa shape index (κ1) is 17.3. The molecule has 124 valence electrons. The van der Waals surface area contributed by atoms with Crippen LogP contribution < -0.4 is 4.74 Å². The van der Waals surface area contributed by atoms with Gasteiger partial charge in [0.25, 0.3) is 0 Å². The Balaban J connectivity index is 1.73. The van der Waals surface area contributed by atoms with Gasteiger partial charge in [0, 0.05) is 19.6 Å². The van der Waals surface area contributed by atoms with Crippen LogP contribution in [0.1, 0.15) is 39.2 Å². The molecule has 3 atom stereocenters. The number of rotatable bonds is 7. The molecule has 2 rings (SSSR count). The van der Waals surface area contributed by atoms with Crippen molar-refractivity contribution in [3.05, 3.63) is 29.8 Å². The van der Waals surface area contributed by atoms with Gasteiger partial charge >= 0.3 is 0 Å². The lowest BCUT2D eigenvalue weighted by atomic mass is 9.92. The molecule has 0 aromatic heterocycles. The highest BCUT2D eigenvalue weighted by Gasteiger charge is 2.23. The SMILES string of the molecule is CCCc1ccc(OC[C@H](O)CN2C[C@H](C)C[C@H](C)C2)cc1. The second-order valence-electron chi connectivity index (χ2n) is 7.02. The first-order valence-corrected chi connectivity index (χ1v) is 8.69. The van der Waals surface area contributed by atoms with E-state index in [0.717, 1.165) is 43.5 Å². The topological polar surface area (TPSA) is 32.7 Å². The number of likely N-dealkylation sites (tertiary alicyclic amines) is 1. The summed E-state index contributed by atoms with van der Waals surface area (Å²) >= 11 is 0. The van der Waals surface area contributed by atoms with Crippen LogP contribution in [0.25, 0.3) is 0 Å². The van der Waals surface area contributed by atoms with Gasteiger partial charge in [-0.1, -0.05) is 39.3 Å². The third kappa shape index (κ3) is 5.62. The maximum Gasteiger partial charge on any atom is 0.119 e. The van der Waals surface area contributed by atoms with E-state index in [2.05, 4.69) is 37.8 Å². The largest absolute Gasteiger partial charge is 0.491 e. The Hall–Kier alpha value is -1.06. The molecule has 3 heteroatoms. The molecule has 22 heavy (non-hydrogen) atoms. The Morgan fingerprint density at radius 2 is 1.82 bits per heavy atom. The maximum atomic E-state index is 10.2. The molecular formula is C19H31NO2. The predicted molar refractivity (Wildman–Crippen MR) is 91.3 cm³/mol. The van der Waals surface area contributed by atoms with Gasteiger partial charge in [0.1, 0.15) is 18.5 Å². The Labute approximate surface area is 135 Å². The van der Waals surface area contributed by atoms with E-state index in [1.807, 2.05) is 12.1 Å². The molecule has 1 aliphatic rings. The number of nitrogens with zero attached hydrogens (tertiary/aromatic N) is 1. The van der Waals surface area contributed by atoms with Crippen LogP contribution in [0.15, 0.2) is 24.3 Å². The standard InChI is InChI=1S/C19H31NO2/c1-4-5-17-6-8-19(9-7-17)22-14-18(21)13-20-11-15(2)10-16(3)12-20/h6-9,15-16,18,21H,4-5,10-14H2,1-3H3/t15-,16+,18-/m1/s1. The van der Waals surface area contributed by atoms with Crippen molar-refractivity contribution >= 4 is 0 Å². The van der Waals surface area contributed by atoms with Crippen molar-refractivity contribution in [1.82, 2.24) is 4.90 Å². The minimum Gasteiger partial charge on any atom is -0.491 e. The maximum absolute atomic E-state index is 10.2. The van der Waals surface area contributed by atoms with Crippen molar-refractivity contribution in [2.75, 3.05) is 26.2 Å². The summed E-state index contributed by atoms with van der Waals surface area (Å²) in [5.74, 6) is 2.30. The van der Waals surface area contributed by atoms with Gasteiger partial charge in [-0.3, -0.25) is 0 Å². The van der Waals surface area contributed by atoms with Gasteiger partial charge in [0.15, 0.2) is 0 Å². The van der Waals surface area contributed by atoms with Crippen molar-refractivity contribution in [3.63, 3.8) is 0 Å². The quantitative estimate of drug-likeness (QED) is 0.838. The average molecular weight is 305 g/mol. The summed E-state index contributed by atoms with van der Waals surface area (Å²) in [6.07, 6.45) is 3.14. The summed E-state index contributed by atoms with van der Waals surface area (Å²) in [6.45, 7) is 10.0. The molecule has 0 saturated carbocycles. The first-order valence-electron chi connectivity index (χ1n) is 8.69. The van der Waals surface area contributed by atoms with Gasteiger partial charge in [-0.25, -0.2) is 0 Å². The van der Waals surface area contributed by atoms with Crippen LogP contribution in [-0.2, 0) is 6.42 Å². The molecule has 1 aromatic carbocycles. The monoisotopic (exact) mass is 305 g/mol. The fourth-order valence-corrected chi connectivity index (χ4v) is 3.53. The van der Waals surface area contributed by atoms with Crippen molar-refractivity contribution in [3.8, 4) is 5.75 Å². The van der Waals surface area contributed by atoms with Crippen molar-refractivity contribution < 1.29 is 9.84 Å². The summed E-state index contributed by atoms with van der Waals surface area (Å²) in [5, 5.41) is 10.2. The normalized spacial score (nSPS) is 24.2. The number of hydrogen-bond donors (Lipinski definition) is 1. The molecule has 1 N–H and O–H groups in total. The van der Waals surface area contributed by atoms with Crippen molar-refractivity contribution in [1.29, 1.82) is 0 Å². The average Bonchev–Trinajstić information content (AvgIpc) is 2.46. The Morgan fingerprint density at radius 1 is 1.18 bits per heavy atom. The molecule has 1 saturated heterocycles. The predicted octanol–water partition coefficient (Wildman–Crippen LogP) is 3.36. The molecule has 1 aliphatic heterocycles. The second kappa shape index (κ2) is 8.54. The van der Waals surface area contributed by atoms with E-state index in [4.69, 9.17) is 4.74 Å². The van der Waals surface area contributed by atoms with Crippen LogP contribution in [0.2, 0.25) is 0 Å². The Bertz CT molecular complexity index is 422. The van der Waals surface area contributed by atoms with E-state index in [0.29, 0.717) is 13.2 Å². The lowest BCUT2D eigenvalue weighted by Crippen LogP contribution is -2.43. The van der Waals surface area contributed by atoms with E-state index in [-0.39, 0.29) is 0 Å². The summed E-state index contributed by atoms with van der Waals surface area (Å²) in [7, 11) is 0. The number of hydrogen-bond acceptors (Lipinski definition) is 3. The summed E-state index contributed by atoms with van der Waals surface area (Å²) in [6, 6.07) is 8.23. The molecule has 1 heterocycles. The zero-order chi connectivity index (χ0) is 15.9. The highest BCUT2D eigenvalue weighted by Crippen LogP contribution is 2.21. The lowest BCUT2D eigenvalue weighted by molar-refractivity contribution is 0.0429. The van der Waals surface area contributed by atoms with E-state index in [9.17, 15) is 5.11 Å². The number of aliphatic hydroxyl groups is 1. The second-order valence-corrected chi connectivity index (χ2v) is 7.02. The number of aliphatic hydroxyl groups excluding tert-OH is 1. The summed E-state index contributed by atoms with van der Waals surface area (Å²) < 4.78 is 5.72. The molecule has 0 bridgehead atoms. The summed E-state index contributed by atoms with van der Waals surface area (Å²) in [4.78, 5) is 2.37. The molecule has 0 amide bonds. The number of β-amino-alcohol motifs (C(OH)–C–C–N with tert-alkyl or cyclic N) is 1. The van der Waals surface area contributed by atoms with E-state index >= 15 is 0 Å². The molecule has 1 aromatic rings. The highest BCUT2D eigenvalue weighted by atomic mass is 16.5. The number of piperidine rings is 1. The zero-order valence-electron chi connectivity index (χ0n) is 14.3. The molecule has 3 nitrogen and oxygen atoms in total. The van der Waals surface area contributed by atoms with Gasteiger partial charge in [0.05, 0.1) is 0 Å². The molecule has 1 fully saturated rings. The highest BCUT2D eigenvalue weighted by molar-refractivity contribution is 5.27. The minimum atomic E-state index is -0.423. The fourth-order valence-electron chi connectivity index (χ4n) is 3.53. The van der Waals surface area contributed by atoms with Gasteiger partial charge in [-0.15, -0.1) is 0 Å². The molecule has 0 unspecified atom stereocenters. The Morgan fingerprint density at radius 3 is 2.41 bits per heavy atom. The molecular weight excluding hydrogens is 274 g/mol. The lowest BCUT2D eigenvalue weighted by Gasteiger charge is -2.35. The first-order chi connectivity index (χ1) is 10.6. The van der Waals surface area contributed by atoms with Crippen LogP contribution in [0.5, 0.6) is 5.75 Å². The van der Waals surface area contributed by atoms with Gasteiger partial charge in [-0.2, -0.15) is 0 Å². The molecule has 0 spiro atoms. The van der Waals surface area contributed by atoms with Crippen molar-refractivity contribution in [2.24, 2.45) is 11.8 Å². The van der Waals surface area contributed by atoms with Crippen molar-refractivity contribution in [2.45, 2.75) is 46.1 Å². The third-order valence-electron chi connectivity index (χ3n) is 4.32. The third-order valence-corrected chi connectivity index (χ3v) is 4.32. The smallest absolute Gasteiger partial charge is 0.119 e. The van der Waals surface area contributed by atoms with Gasteiger partial charge in [-0.05, 0) is 42.4 Å². The van der Waals surface area contributed by atoms with Gasteiger partial charge in [0.2, 0.25) is 0 Å². The molecule has 0 radical (unpaired) electrons. The van der Waals surface area contributed by atoms with Crippen LogP contribution in [0.3, 0.4) is 0 Å². The number of ether oxygens (including phenoxy) is 1. The van der Waals surface area contributed by atoms with E-state index < -0.39 is 6.10 Å². The van der Waals surface area contributed by atoms with Crippen LogP contribution in [0.4, 0.5) is 0 Å². The molecule has 0 aliphatic carbocycles. The number of aryl methyl sites for hydroxylation is 1. The fraction of sp³-hybridized carbons (Fsp3) is 0.684. The van der Waals surface area contributed by atoms with Gasteiger partial charge < -0.3 is 14.7 Å². The number of benzene rings is 1. The van der Waals surface area contributed by atoms with E-state index in [1.54, 1.807) is 0 Å². The van der Waals surface area contributed by atoms with Crippen LogP contribution >= 0.6 is 0 Å². The van der Waals surface area contributed by atoms with Crippen LogP contribution in [-0.4, -0.2) is 42.4 Å². The summed E-state index contributed by atoms with van der Waals surface area (Å²) in [5.41, 5.74) is 1.34. The van der Waals surface area contributed by atoms with E-state index in [1.165, 1.54) is 12.0 Å². The van der Waals surface area contributed by atoms with Crippen LogP contribution in [0, 0.1) is 11.8 Å². The minimum absolute atomic E-state index is 0.367. The zero-order valence-corrected chi connectivity index (χ0v) is 14.3.